The molecule has 0 bridgehead atoms. The van der Waals surface area contributed by atoms with Crippen LogP contribution in [0, 0.1) is 5.92 Å². The van der Waals surface area contributed by atoms with Crippen molar-refractivity contribution in [3.63, 3.8) is 0 Å². The molecule has 1 saturated carbocycles. The van der Waals surface area contributed by atoms with Gasteiger partial charge in [-0.15, -0.1) is 0 Å². The third kappa shape index (κ3) is 4.77. The van der Waals surface area contributed by atoms with Crippen LogP contribution in [0.4, 0.5) is 0 Å². The number of hydrogen-bond acceptors (Lipinski definition) is 3. The molecular formula is C15H24N2O. The van der Waals surface area contributed by atoms with Crippen molar-refractivity contribution in [2.45, 2.75) is 18.8 Å². The van der Waals surface area contributed by atoms with E-state index in [1.807, 2.05) is 6.07 Å². The van der Waals surface area contributed by atoms with E-state index in [9.17, 15) is 0 Å². The summed E-state index contributed by atoms with van der Waals surface area (Å²) < 4.78 is 5.58. The molecule has 3 N–H and O–H groups in total. The van der Waals surface area contributed by atoms with Crippen LogP contribution in [0.15, 0.2) is 30.3 Å². The van der Waals surface area contributed by atoms with Gasteiger partial charge in [0.2, 0.25) is 0 Å². The van der Waals surface area contributed by atoms with E-state index in [4.69, 9.17) is 10.5 Å². The third-order valence-corrected chi connectivity index (χ3v) is 3.42. The molecule has 0 heterocycles. The lowest BCUT2D eigenvalue weighted by Gasteiger charge is -2.16. The molecule has 18 heavy (non-hydrogen) atoms. The lowest BCUT2D eigenvalue weighted by molar-refractivity contribution is 0.126. The Morgan fingerprint density at radius 1 is 1.28 bits per heavy atom. The average molecular weight is 248 g/mol. The van der Waals surface area contributed by atoms with Gasteiger partial charge in [0.15, 0.2) is 0 Å². The molecule has 1 aliphatic rings. The maximum absolute atomic E-state index is 5.82. The second-order valence-electron chi connectivity index (χ2n) is 5.07. The fourth-order valence-corrected chi connectivity index (χ4v) is 2.02. The van der Waals surface area contributed by atoms with Crippen molar-refractivity contribution in [2.24, 2.45) is 11.7 Å². The first-order valence-electron chi connectivity index (χ1n) is 6.93. The minimum absolute atomic E-state index is 0.398. The van der Waals surface area contributed by atoms with E-state index >= 15 is 0 Å². The van der Waals surface area contributed by atoms with Crippen molar-refractivity contribution in [3.8, 4) is 0 Å². The van der Waals surface area contributed by atoms with Gasteiger partial charge in [0, 0.05) is 32.2 Å². The van der Waals surface area contributed by atoms with E-state index in [1.54, 1.807) is 0 Å². The van der Waals surface area contributed by atoms with Crippen LogP contribution in [0.2, 0.25) is 0 Å². The van der Waals surface area contributed by atoms with E-state index in [0.717, 1.165) is 32.2 Å². The van der Waals surface area contributed by atoms with E-state index in [1.165, 1.54) is 18.4 Å². The highest BCUT2D eigenvalue weighted by atomic mass is 16.5. The molecule has 0 aromatic heterocycles. The molecule has 1 aliphatic carbocycles. The smallest absolute Gasteiger partial charge is 0.0591 e. The number of nitrogens with one attached hydrogen (secondary N) is 1. The van der Waals surface area contributed by atoms with Crippen LogP contribution >= 0.6 is 0 Å². The summed E-state index contributed by atoms with van der Waals surface area (Å²) in [5.41, 5.74) is 7.13. The maximum atomic E-state index is 5.82. The topological polar surface area (TPSA) is 47.3 Å². The summed E-state index contributed by atoms with van der Waals surface area (Å²) in [6.45, 7) is 4.27. The molecule has 1 aromatic carbocycles. The van der Waals surface area contributed by atoms with E-state index < -0.39 is 0 Å². The minimum Gasteiger partial charge on any atom is -0.380 e. The van der Waals surface area contributed by atoms with Gasteiger partial charge in [-0.3, -0.25) is 0 Å². The second kappa shape index (κ2) is 7.52. The number of nitrogens with two attached hydrogens (primary N) is 1. The summed E-state index contributed by atoms with van der Waals surface area (Å²) in [5, 5.41) is 3.42. The first-order chi connectivity index (χ1) is 8.90. The summed E-state index contributed by atoms with van der Waals surface area (Å²) in [7, 11) is 0. The van der Waals surface area contributed by atoms with E-state index in [0.29, 0.717) is 12.5 Å². The quantitative estimate of drug-likeness (QED) is 0.654. The van der Waals surface area contributed by atoms with Crippen LogP contribution in [0.3, 0.4) is 0 Å². The Morgan fingerprint density at radius 2 is 2.06 bits per heavy atom. The minimum atomic E-state index is 0.398. The van der Waals surface area contributed by atoms with Crippen molar-refractivity contribution in [2.75, 3.05) is 32.8 Å². The van der Waals surface area contributed by atoms with Crippen LogP contribution in [0.5, 0.6) is 0 Å². The molecule has 2 rings (SSSR count). The molecule has 3 heteroatoms. The standard InChI is InChI=1S/C15H24N2O/c16-10-15(14-4-2-1-3-5-14)11-17-8-9-18-12-13-6-7-13/h1-5,13,15,17H,6-12,16H2. The molecule has 3 nitrogen and oxygen atoms in total. The van der Waals surface area contributed by atoms with Crippen LogP contribution < -0.4 is 11.1 Å². The number of benzene rings is 1. The highest BCUT2D eigenvalue weighted by Crippen LogP contribution is 2.28. The third-order valence-electron chi connectivity index (χ3n) is 3.42. The first-order valence-corrected chi connectivity index (χ1v) is 6.93. The largest absolute Gasteiger partial charge is 0.380 e. The summed E-state index contributed by atoms with van der Waals surface area (Å²) >= 11 is 0. The lowest BCUT2D eigenvalue weighted by Crippen LogP contribution is -2.29. The second-order valence-corrected chi connectivity index (χ2v) is 5.07. The molecule has 1 atom stereocenters. The van der Waals surface area contributed by atoms with Gasteiger partial charge in [-0.2, -0.15) is 0 Å². The molecule has 0 radical (unpaired) electrons. The number of ether oxygens (including phenoxy) is 1. The van der Waals surface area contributed by atoms with Crippen LogP contribution in [-0.4, -0.2) is 32.8 Å². The Hall–Kier alpha value is -0.900. The average Bonchev–Trinajstić information content (AvgIpc) is 3.23. The Morgan fingerprint density at radius 3 is 2.72 bits per heavy atom. The number of rotatable bonds is 9. The molecule has 0 spiro atoms. The molecular weight excluding hydrogens is 224 g/mol. The summed E-state index contributed by atoms with van der Waals surface area (Å²) in [4.78, 5) is 0. The maximum Gasteiger partial charge on any atom is 0.0591 e. The zero-order valence-electron chi connectivity index (χ0n) is 11.0. The molecule has 100 valence electrons. The lowest BCUT2D eigenvalue weighted by atomic mass is 9.99. The molecule has 1 fully saturated rings. The van der Waals surface area contributed by atoms with Crippen LogP contribution in [0.25, 0.3) is 0 Å². The molecule has 0 amide bonds. The molecule has 0 aliphatic heterocycles. The van der Waals surface area contributed by atoms with Crippen molar-refractivity contribution in [1.29, 1.82) is 0 Å². The van der Waals surface area contributed by atoms with Gasteiger partial charge in [-0.05, 0) is 24.3 Å². The fraction of sp³-hybridized carbons (Fsp3) is 0.600. The molecule has 0 saturated heterocycles. The normalized spacial score (nSPS) is 16.7. The van der Waals surface area contributed by atoms with Gasteiger partial charge < -0.3 is 15.8 Å². The van der Waals surface area contributed by atoms with Gasteiger partial charge in [-0.25, -0.2) is 0 Å². The van der Waals surface area contributed by atoms with Crippen LogP contribution in [0.1, 0.15) is 24.3 Å². The van der Waals surface area contributed by atoms with Crippen molar-refractivity contribution in [1.82, 2.24) is 5.32 Å². The van der Waals surface area contributed by atoms with Gasteiger partial charge >= 0.3 is 0 Å². The van der Waals surface area contributed by atoms with Gasteiger partial charge in [-0.1, -0.05) is 30.3 Å². The highest BCUT2D eigenvalue weighted by molar-refractivity contribution is 5.20. The van der Waals surface area contributed by atoms with Crippen molar-refractivity contribution >= 4 is 0 Å². The fourth-order valence-electron chi connectivity index (χ4n) is 2.02. The summed E-state index contributed by atoms with van der Waals surface area (Å²) in [6, 6.07) is 10.5. The molecule has 1 aromatic rings. The monoisotopic (exact) mass is 248 g/mol. The van der Waals surface area contributed by atoms with Gasteiger partial charge in [0.05, 0.1) is 6.61 Å². The predicted octanol–water partition coefficient (Wildman–Crippen LogP) is 1.75. The van der Waals surface area contributed by atoms with Crippen LogP contribution in [-0.2, 0) is 4.74 Å². The molecule has 1 unspecified atom stereocenters. The van der Waals surface area contributed by atoms with Crippen molar-refractivity contribution in [3.05, 3.63) is 35.9 Å². The van der Waals surface area contributed by atoms with E-state index in [-0.39, 0.29) is 0 Å². The SMILES string of the molecule is NCC(CNCCOCC1CC1)c1ccccc1. The zero-order chi connectivity index (χ0) is 12.6. The predicted molar refractivity (Wildman–Crippen MR) is 74.7 cm³/mol. The Kier molecular flexibility index (Phi) is 5.65. The van der Waals surface area contributed by atoms with Gasteiger partial charge in [0.25, 0.3) is 0 Å². The Labute approximate surface area is 110 Å². The van der Waals surface area contributed by atoms with Gasteiger partial charge in [0.1, 0.15) is 0 Å². The highest BCUT2D eigenvalue weighted by Gasteiger charge is 2.20. The summed E-state index contributed by atoms with van der Waals surface area (Å²) in [5.74, 6) is 1.25. The number of hydrogen-bond donors (Lipinski definition) is 2. The zero-order valence-corrected chi connectivity index (χ0v) is 11.0. The Balaban J connectivity index is 1.58. The van der Waals surface area contributed by atoms with E-state index in [2.05, 4.69) is 29.6 Å². The van der Waals surface area contributed by atoms with Crippen molar-refractivity contribution < 1.29 is 4.74 Å². The Bertz CT molecular complexity index is 325. The summed E-state index contributed by atoms with van der Waals surface area (Å²) in [6.07, 6.45) is 2.72. The first kappa shape index (κ1) is 13.5.